The van der Waals surface area contributed by atoms with Gasteiger partial charge in [0, 0.05) is 13.1 Å². The predicted octanol–water partition coefficient (Wildman–Crippen LogP) is 1.67. The molecule has 1 aromatic rings. The summed E-state index contributed by atoms with van der Waals surface area (Å²) in [6.07, 6.45) is 1.63. The third kappa shape index (κ3) is 5.56. The molecular formula is C13H25N5O2. The normalized spacial score (nSPS) is 13.7. The molecule has 0 saturated heterocycles. The first-order valence-electron chi connectivity index (χ1n) is 7.09. The highest BCUT2D eigenvalue weighted by molar-refractivity contribution is 5.36. The fourth-order valence-corrected chi connectivity index (χ4v) is 1.76. The van der Waals surface area contributed by atoms with Gasteiger partial charge in [0.15, 0.2) is 0 Å². The fourth-order valence-electron chi connectivity index (χ4n) is 1.76. The van der Waals surface area contributed by atoms with Crippen LogP contribution in [0.15, 0.2) is 0 Å². The monoisotopic (exact) mass is 283 g/mol. The second kappa shape index (κ2) is 7.84. The zero-order valence-electron chi connectivity index (χ0n) is 12.7. The lowest BCUT2D eigenvalue weighted by Crippen LogP contribution is -2.33. The van der Waals surface area contributed by atoms with Crippen molar-refractivity contribution in [2.45, 2.75) is 46.1 Å². The number of hydrogen-bond donors (Lipinski definition) is 3. The van der Waals surface area contributed by atoms with Crippen molar-refractivity contribution < 1.29 is 9.84 Å². The molecule has 1 rings (SSSR count). The minimum atomic E-state index is -0.786. The molecule has 0 aromatic carbocycles. The molecule has 0 amide bonds. The van der Waals surface area contributed by atoms with Gasteiger partial charge in [-0.3, -0.25) is 0 Å². The molecule has 1 atom stereocenters. The van der Waals surface area contributed by atoms with Gasteiger partial charge in [0.05, 0.1) is 12.2 Å². The molecule has 7 heteroatoms. The van der Waals surface area contributed by atoms with Crippen LogP contribution < -0.4 is 15.4 Å². The van der Waals surface area contributed by atoms with E-state index in [2.05, 4.69) is 25.6 Å². The van der Waals surface area contributed by atoms with Crippen molar-refractivity contribution in [2.75, 3.05) is 30.3 Å². The van der Waals surface area contributed by atoms with E-state index in [4.69, 9.17) is 4.74 Å². The van der Waals surface area contributed by atoms with Gasteiger partial charge in [0.1, 0.15) is 0 Å². The lowest BCUT2D eigenvalue weighted by atomic mass is 10.0. The highest BCUT2D eigenvalue weighted by atomic mass is 16.5. The Bertz CT molecular complexity index is 387. The zero-order valence-corrected chi connectivity index (χ0v) is 12.7. The molecule has 0 aliphatic carbocycles. The lowest BCUT2D eigenvalue weighted by Gasteiger charge is -2.23. The molecule has 0 radical (unpaired) electrons. The molecule has 0 fully saturated rings. The van der Waals surface area contributed by atoms with E-state index in [0.717, 1.165) is 6.42 Å². The molecule has 7 nitrogen and oxygen atoms in total. The van der Waals surface area contributed by atoms with Crippen molar-refractivity contribution in [1.82, 2.24) is 15.0 Å². The highest BCUT2D eigenvalue weighted by Gasteiger charge is 2.19. The number of rotatable bonds is 9. The van der Waals surface area contributed by atoms with E-state index in [1.54, 1.807) is 6.92 Å². The highest BCUT2D eigenvalue weighted by Crippen LogP contribution is 2.15. The SMILES string of the molecule is CCCC(C)(O)CNc1nc(NCC)nc(OCC)n1. The Morgan fingerprint density at radius 2 is 1.75 bits per heavy atom. The second-order valence-electron chi connectivity index (χ2n) is 4.83. The number of nitrogens with zero attached hydrogens (tertiary/aromatic N) is 3. The molecule has 0 spiro atoms. The van der Waals surface area contributed by atoms with Crippen LogP contribution in [-0.4, -0.2) is 45.4 Å². The number of ether oxygens (including phenoxy) is 1. The number of hydrogen-bond acceptors (Lipinski definition) is 7. The summed E-state index contributed by atoms with van der Waals surface area (Å²) in [5.41, 5.74) is -0.786. The molecule has 0 bridgehead atoms. The Morgan fingerprint density at radius 3 is 2.30 bits per heavy atom. The van der Waals surface area contributed by atoms with Gasteiger partial charge in [0.25, 0.3) is 0 Å². The van der Waals surface area contributed by atoms with Gasteiger partial charge in [-0.1, -0.05) is 13.3 Å². The smallest absolute Gasteiger partial charge is 0.323 e. The van der Waals surface area contributed by atoms with Crippen molar-refractivity contribution in [1.29, 1.82) is 0 Å². The van der Waals surface area contributed by atoms with E-state index in [1.165, 1.54) is 0 Å². The number of aromatic nitrogens is 3. The van der Waals surface area contributed by atoms with Gasteiger partial charge < -0.3 is 20.5 Å². The molecule has 0 aliphatic rings. The number of anilines is 2. The van der Waals surface area contributed by atoms with E-state index in [0.29, 0.717) is 38.0 Å². The van der Waals surface area contributed by atoms with Crippen LogP contribution >= 0.6 is 0 Å². The minimum Gasteiger partial charge on any atom is -0.464 e. The molecule has 1 heterocycles. The van der Waals surface area contributed by atoms with Crippen LogP contribution in [-0.2, 0) is 0 Å². The summed E-state index contributed by atoms with van der Waals surface area (Å²) < 4.78 is 5.31. The minimum absolute atomic E-state index is 0.274. The van der Waals surface area contributed by atoms with Crippen molar-refractivity contribution in [2.24, 2.45) is 0 Å². The van der Waals surface area contributed by atoms with Crippen LogP contribution in [0.2, 0.25) is 0 Å². The first-order valence-corrected chi connectivity index (χ1v) is 7.09. The van der Waals surface area contributed by atoms with Gasteiger partial charge in [-0.2, -0.15) is 15.0 Å². The first-order chi connectivity index (χ1) is 9.50. The van der Waals surface area contributed by atoms with E-state index in [1.807, 2.05) is 20.8 Å². The predicted molar refractivity (Wildman–Crippen MR) is 79.2 cm³/mol. The Morgan fingerprint density at radius 1 is 1.10 bits per heavy atom. The summed E-state index contributed by atoms with van der Waals surface area (Å²) in [5, 5.41) is 16.2. The van der Waals surface area contributed by atoms with Gasteiger partial charge in [-0.15, -0.1) is 0 Å². The summed E-state index contributed by atoms with van der Waals surface area (Å²) in [5.74, 6) is 0.861. The molecule has 1 unspecified atom stereocenters. The third-order valence-electron chi connectivity index (χ3n) is 2.64. The topological polar surface area (TPSA) is 92.2 Å². The van der Waals surface area contributed by atoms with Gasteiger partial charge in [-0.25, -0.2) is 0 Å². The Hall–Kier alpha value is -1.63. The zero-order chi connectivity index (χ0) is 15.0. The molecule has 20 heavy (non-hydrogen) atoms. The fraction of sp³-hybridized carbons (Fsp3) is 0.769. The van der Waals surface area contributed by atoms with E-state index >= 15 is 0 Å². The Labute approximate surface area is 120 Å². The van der Waals surface area contributed by atoms with Crippen LogP contribution in [0, 0.1) is 0 Å². The van der Waals surface area contributed by atoms with Crippen LogP contribution in [0.1, 0.15) is 40.5 Å². The quantitative estimate of drug-likeness (QED) is 0.634. The van der Waals surface area contributed by atoms with Crippen LogP contribution in [0.4, 0.5) is 11.9 Å². The van der Waals surface area contributed by atoms with Crippen LogP contribution in [0.5, 0.6) is 6.01 Å². The first kappa shape index (κ1) is 16.4. The second-order valence-corrected chi connectivity index (χ2v) is 4.83. The molecule has 1 aromatic heterocycles. The summed E-state index contributed by atoms with van der Waals surface area (Å²) in [6.45, 7) is 9.24. The Kier molecular flexibility index (Phi) is 6.44. The van der Waals surface area contributed by atoms with Crippen LogP contribution in [0.3, 0.4) is 0 Å². The van der Waals surface area contributed by atoms with Gasteiger partial charge >= 0.3 is 6.01 Å². The van der Waals surface area contributed by atoms with E-state index in [-0.39, 0.29) is 6.01 Å². The Balaban J connectivity index is 2.77. The lowest BCUT2D eigenvalue weighted by molar-refractivity contribution is 0.0635. The third-order valence-corrected chi connectivity index (χ3v) is 2.64. The number of aliphatic hydroxyl groups is 1. The average Bonchev–Trinajstić information content (AvgIpc) is 2.37. The standard InChI is InChI=1S/C13H25N5O2/c1-5-8-13(4,19)9-15-11-16-10(14-6-2)17-12(18-11)20-7-3/h19H,5-9H2,1-4H3,(H2,14,15,16,17,18). The van der Waals surface area contributed by atoms with E-state index < -0.39 is 5.60 Å². The molecule has 0 saturated carbocycles. The van der Waals surface area contributed by atoms with Crippen molar-refractivity contribution in [3.8, 4) is 6.01 Å². The molecule has 114 valence electrons. The van der Waals surface area contributed by atoms with Crippen molar-refractivity contribution >= 4 is 11.9 Å². The maximum Gasteiger partial charge on any atom is 0.323 e. The van der Waals surface area contributed by atoms with Crippen molar-refractivity contribution in [3.05, 3.63) is 0 Å². The maximum atomic E-state index is 10.1. The van der Waals surface area contributed by atoms with Gasteiger partial charge in [0.2, 0.25) is 11.9 Å². The maximum absolute atomic E-state index is 10.1. The molecular weight excluding hydrogens is 258 g/mol. The summed E-state index contributed by atoms with van der Waals surface area (Å²) in [6, 6.07) is 0.274. The average molecular weight is 283 g/mol. The van der Waals surface area contributed by atoms with Gasteiger partial charge in [-0.05, 0) is 27.2 Å². The summed E-state index contributed by atoms with van der Waals surface area (Å²) in [7, 11) is 0. The number of nitrogens with one attached hydrogen (secondary N) is 2. The van der Waals surface area contributed by atoms with Crippen molar-refractivity contribution in [3.63, 3.8) is 0 Å². The largest absolute Gasteiger partial charge is 0.464 e. The van der Waals surface area contributed by atoms with Crippen LogP contribution in [0.25, 0.3) is 0 Å². The molecule has 0 aliphatic heterocycles. The molecule has 3 N–H and O–H groups in total. The summed E-state index contributed by atoms with van der Waals surface area (Å²) >= 11 is 0. The van der Waals surface area contributed by atoms with E-state index in [9.17, 15) is 5.11 Å². The summed E-state index contributed by atoms with van der Waals surface area (Å²) in [4.78, 5) is 12.5.